The minimum Gasteiger partial charge on any atom is -0.476 e. The number of benzene rings is 1. The summed E-state index contributed by atoms with van der Waals surface area (Å²) in [5, 5.41) is 7.81. The Morgan fingerprint density at radius 1 is 1.42 bits per heavy atom. The standard InChI is InChI=1S/C19H21B2N3O2/c1-11-8-17(6-5-15(11)25-2)9-13-4-3-12(10-22)7-14(13)18(17)19(20,21)26-16(23)24-18/h3-4,7,11,15H,5-6,8-9H2,1-2H3,(H2,23,24)/t11-,15-,17-,18+/m1/s1. The molecule has 7 heteroatoms. The van der Waals surface area contributed by atoms with Gasteiger partial charge in [0, 0.05) is 12.5 Å². The highest BCUT2D eigenvalue weighted by Gasteiger charge is 2.68. The van der Waals surface area contributed by atoms with Gasteiger partial charge in [-0.25, -0.2) is 4.99 Å². The summed E-state index contributed by atoms with van der Waals surface area (Å²) in [6.07, 6.45) is 3.57. The fraction of sp³-hybridized carbons (Fsp3) is 0.579. The maximum absolute atomic E-state index is 9.37. The topological polar surface area (TPSA) is 80.6 Å². The smallest absolute Gasteiger partial charge is 0.281 e. The van der Waals surface area contributed by atoms with Crippen molar-refractivity contribution in [3.05, 3.63) is 34.9 Å². The van der Waals surface area contributed by atoms with E-state index in [0.29, 0.717) is 11.5 Å². The minimum atomic E-state index is -1.56. The molecule has 1 aromatic rings. The van der Waals surface area contributed by atoms with Crippen molar-refractivity contribution in [1.82, 2.24) is 0 Å². The van der Waals surface area contributed by atoms with Gasteiger partial charge in [-0.05, 0) is 54.9 Å². The molecule has 0 saturated heterocycles. The Bertz CT molecular complexity index is 835. The third-order valence-electron chi connectivity index (χ3n) is 6.60. The maximum Gasteiger partial charge on any atom is 0.281 e. The molecule has 5 nitrogen and oxygen atoms in total. The van der Waals surface area contributed by atoms with Gasteiger partial charge in [-0.3, -0.25) is 0 Å². The van der Waals surface area contributed by atoms with Crippen LogP contribution in [0.2, 0.25) is 0 Å². The van der Waals surface area contributed by atoms with E-state index in [1.165, 1.54) is 0 Å². The lowest BCUT2D eigenvalue weighted by atomic mass is 9.44. The zero-order valence-electron chi connectivity index (χ0n) is 15.2. The lowest BCUT2D eigenvalue weighted by molar-refractivity contribution is -0.0559. The number of hydrogen-bond donors (Lipinski definition) is 1. The maximum atomic E-state index is 9.37. The summed E-state index contributed by atoms with van der Waals surface area (Å²) < 4.78 is 11.2. The van der Waals surface area contributed by atoms with Crippen molar-refractivity contribution in [2.24, 2.45) is 22.1 Å². The molecule has 1 aliphatic heterocycles. The number of aliphatic imine (C=N–C) groups is 1. The first-order valence-electron chi connectivity index (χ1n) is 8.97. The van der Waals surface area contributed by atoms with Gasteiger partial charge in [-0.15, -0.1) is 0 Å². The van der Waals surface area contributed by atoms with Crippen LogP contribution < -0.4 is 5.73 Å². The van der Waals surface area contributed by atoms with Gasteiger partial charge in [0.1, 0.15) is 21.2 Å². The van der Waals surface area contributed by atoms with Crippen LogP contribution in [0.3, 0.4) is 0 Å². The molecule has 0 unspecified atom stereocenters. The van der Waals surface area contributed by atoms with Crippen LogP contribution in [-0.2, 0) is 21.4 Å². The third-order valence-corrected chi connectivity index (χ3v) is 6.60. The Morgan fingerprint density at radius 3 is 2.77 bits per heavy atom. The van der Waals surface area contributed by atoms with Gasteiger partial charge in [-0.1, -0.05) is 13.0 Å². The lowest BCUT2D eigenvalue weighted by Gasteiger charge is -2.53. The van der Waals surface area contributed by atoms with Crippen LogP contribution in [0.25, 0.3) is 0 Å². The molecule has 4 atom stereocenters. The molecule has 2 spiro atoms. The van der Waals surface area contributed by atoms with Gasteiger partial charge >= 0.3 is 0 Å². The number of methoxy groups -OCH3 is 1. The first kappa shape index (κ1) is 17.5. The van der Waals surface area contributed by atoms with E-state index in [2.05, 4.69) is 13.0 Å². The second kappa shape index (κ2) is 5.53. The molecule has 26 heavy (non-hydrogen) atoms. The van der Waals surface area contributed by atoms with Crippen LogP contribution in [0.4, 0.5) is 0 Å². The minimum absolute atomic E-state index is 0.00565. The Hall–Kier alpha value is -1.93. The van der Waals surface area contributed by atoms with Crippen molar-refractivity contribution in [2.75, 3.05) is 7.11 Å². The van der Waals surface area contributed by atoms with Crippen LogP contribution in [0.15, 0.2) is 23.2 Å². The van der Waals surface area contributed by atoms with Crippen molar-refractivity contribution in [3.8, 4) is 6.07 Å². The Labute approximate surface area is 156 Å². The first-order valence-corrected chi connectivity index (χ1v) is 8.97. The highest BCUT2D eigenvalue weighted by atomic mass is 16.5. The average molecular weight is 345 g/mol. The number of amidine groups is 1. The van der Waals surface area contributed by atoms with Gasteiger partial charge < -0.3 is 15.2 Å². The number of nitriles is 1. The van der Waals surface area contributed by atoms with Crippen molar-refractivity contribution in [3.63, 3.8) is 0 Å². The molecule has 4 radical (unpaired) electrons. The molecular weight excluding hydrogens is 324 g/mol. The first-order chi connectivity index (χ1) is 12.3. The molecule has 3 aliphatic rings. The van der Waals surface area contributed by atoms with Crippen LogP contribution in [0.5, 0.6) is 0 Å². The van der Waals surface area contributed by atoms with E-state index in [1.54, 1.807) is 7.11 Å². The SMILES string of the molecule is [B]C1([B])OC(N)=N[C@]12c1cc(C#N)ccc1C[C@]21CC[C@@H](OC)[C@H](C)C1. The molecule has 1 heterocycles. The van der Waals surface area contributed by atoms with E-state index < -0.39 is 10.9 Å². The predicted molar refractivity (Wildman–Crippen MR) is 99.7 cm³/mol. The van der Waals surface area contributed by atoms with Crippen molar-refractivity contribution in [1.29, 1.82) is 5.26 Å². The largest absolute Gasteiger partial charge is 0.476 e. The summed E-state index contributed by atoms with van der Waals surface area (Å²) >= 11 is 0. The van der Waals surface area contributed by atoms with Crippen LogP contribution in [0.1, 0.15) is 42.9 Å². The summed E-state index contributed by atoms with van der Waals surface area (Å²) in [7, 11) is 14.7. The molecule has 1 aromatic carbocycles. The number of nitrogens with zero attached hydrogens (tertiary/aromatic N) is 2. The average Bonchev–Trinajstić information content (AvgIpc) is 2.99. The van der Waals surface area contributed by atoms with Crippen LogP contribution in [0, 0.1) is 22.7 Å². The predicted octanol–water partition coefficient (Wildman–Crippen LogP) is 1.47. The third kappa shape index (κ3) is 2.05. The summed E-state index contributed by atoms with van der Waals surface area (Å²) in [4.78, 5) is 4.72. The van der Waals surface area contributed by atoms with E-state index in [9.17, 15) is 5.26 Å². The van der Waals surface area contributed by atoms with Crippen molar-refractivity contribution < 1.29 is 9.47 Å². The number of fused-ring (bicyclic) bond motifs is 3. The van der Waals surface area contributed by atoms with Gasteiger partial charge in [0.05, 0.1) is 23.1 Å². The quantitative estimate of drug-likeness (QED) is 0.782. The van der Waals surface area contributed by atoms with Crippen LogP contribution in [-0.4, -0.2) is 40.3 Å². The summed E-state index contributed by atoms with van der Waals surface area (Å²) in [6.45, 7) is 2.18. The molecule has 1 fully saturated rings. The molecular formula is C19H21B2N3O2. The number of hydrogen-bond acceptors (Lipinski definition) is 5. The van der Waals surface area contributed by atoms with E-state index in [-0.39, 0.29) is 17.5 Å². The molecule has 0 bridgehead atoms. The van der Waals surface area contributed by atoms with E-state index in [0.717, 1.165) is 36.8 Å². The Morgan fingerprint density at radius 2 is 2.19 bits per heavy atom. The summed E-state index contributed by atoms with van der Waals surface area (Å²) in [5.74, 6) is 0.322. The zero-order chi connectivity index (χ0) is 18.7. The second-order valence-electron chi connectivity index (χ2n) is 7.99. The number of ether oxygens (including phenoxy) is 2. The molecule has 0 amide bonds. The highest BCUT2D eigenvalue weighted by Crippen LogP contribution is 2.65. The van der Waals surface area contributed by atoms with Gasteiger partial charge in [0.15, 0.2) is 0 Å². The summed E-state index contributed by atoms with van der Waals surface area (Å²) in [5.41, 5.74) is 7.15. The molecule has 130 valence electrons. The highest BCUT2D eigenvalue weighted by molar-refractivity contribution is 6.41. The fourth-order valence-electron chi connectivity index (χ4n) is 5.63. The Balaban J connectivity index is 1.93. The van der Waals surface area contributed by atoms with E-state index in [1.807, 2.05) is 18.2 Å². The van der Waals surface area contributed by atoms with E-state index >= 15 is 0 Å². The second-order valence-corrected chi connectivity index (χ2v) is 7.99. The number of nitrogens with two attached hydrogens (primary N) is 1. The normalized spacial score (nSPS) is 37.2. The Kier molecular flexibility index (Phi) is 3.72. The molecule has 0 aromatic heterocycles. The van der Waals surface area contributed by atoms with Crippen molar-refractivity contribution in [2.45, 2.75) is 49.6 Å². The lowest BCUT2D eigenvalue weighted by Crippen LogP contribution is -2.60. The zero-order valence-corrected chi connectivity index (χ0v) is 15.2. The van der Waals surface area contributed by atoms with Gasteiger partial charge in [0.25, 0.3) is 6.02 Å². The van der Waals surface area contributed by atoms with Crippen LogP contribution >= 0.6 is 0 Å². The molecule has 2 aliphatic carbocycles. The molecule has 1 saturated carbocycles. The monoisotopic (exact) mass is 345 g/mol. The molecule has 2 N–H and O–H groups in total. The van der Waals surface area contributed by atoms with E-state index in [4.69, 9.17) is 35.9 Å². The van der Waals surface area contributed by atoms with Gasteiger partial charge in [0.2, 0.25) is 0 Å². The number of rotatable bonds is 1. The van der Waals surface area contributed by atoms with Crippen molar-refractivity contribution >= 4 is 21.7 Å². The fourth-order valence-corrected chi connectivity index (χ4v) is 5.63. The summed E-state index contributed by atoms with van der Waals surface area (Å²) in [6, 6.07) is 7.86. The van der Waals surface area contributed by atoms with Gasteiger partial charge in [-0.2, -0.15) is 5.26 Å². The molecule has 4 rings (SSSR count).